The quantitative estimate of drug-likeness (QED) is 0.676. The van der Waals surface area contributed by atoms with E-state index in [1.165, 1.54) is 12.1 Å². The molecule has 140 valence electrons. The van der Waals surface area contributed by atoms with E-state index in [9.17, 15) is 8.42 Å². The van der Waals surface area contributed by atoms with Crippen molar-refractivity contribution in [2.75, 3.05) is 17.8 Å². The van der Waals surface area contributed by atoms with Gasteiger partial charge in [0, 0.05) is 22.3 Å². The van der Waals surface area contributed by atoms with E-state index in [1.807, 2.05) is 30.3 Å². The SMILES string of the molecule is O=S(=O)(Nc1ccc(OC2CCNC2)c2ccccc12)c1ccc(Cl)cc1. The Bertz CT molecular complexity index is 1060. The number of sulfonamides is 1. The summed E-state index contributed by atoms with van der Waals surface area (Å²) in [5.74, 6) is 0.758. The predicted octanol–water partition coefficient (Wildman–Crippen LogP) is 4.03. The average Bonchev–Trinajstić information content (AvgIpc) is 3.17. The second kappa shape index (κ2) is 7.38. The number of hydrogen-bond donors (Lipinski definition) is 2. The number of benzene rings is 3. The fourth-order valence-corrected chi connectivity index (χ4v) is 4.39. The van der Waals surface area contributed by atoms with E-state index in [2.05, 4.69) is 10.0 Å². The molecule has 0 spiro atoms. The van der Waals surface area contributed by atoms with Crippen molar-refractivity contribution in [1.82, 2.24) is 5.32 Å². The van der Waals surface area contributed by atoms with Gasteiger partial charge in [-0.2, -0.15) is 0 Å². The zero-order chi connectivity index (χ0) is 18.9. The monoisotopic (exact) mass is 402 g/mol. The third-order valence-electron chi connectivity index (χ3n) is 4.56. The van der Waals surface area contributed by atoms with Gasteiger partial charge >= 0.3 is 0 Å². The minimum atomic E-state index is -3.72. The van der Waals surface area contributed by atoms with Gasteiger partial charge in [0.15, 0.2) is 0 Å². The third-order valence-corrected chi connectivity index (χ3v) is 6.19. The van der Waals surface area contributed by atoms with Crippen molar-refractivity contribution in [2.45, 2.75) is 17.4 Å². The highest BCUT2D eigenvalue weighted by molar-refractivity contribution is 7.92. The summed E-state index contributed by atoms with van der Waals surface area (Å²) in [6.07, 6.45) is 1.09. The zero-order valence-corrected chi connectivity index (χ0v) is 16.1. The summed E-state index contributed by atoms with van der Waals surface area (Å²) >= 11 is 5.85. The van der Waals surface area contributed by atoms with Crippen LogP contribution < -0.4 is 14.8 Å². The van der Waals surface area contributed by atoms with Crippen LogP contribution in [0.1, 0.15) is 6.42 Å². The Labute approximate surface area is 163 Å². The van der Waals surface area contributed by atoms with Gasteiger partial charge in [0.2, 0.25) is 0 Å². The lowest BCUT2D eigenvalue weighted by atomic mass is 10.1. The Hall–Kier alpha value is -2.28. The maximum atomic E-state index is 12.7. The van der Waals surface area contributed by atoms with E-state index >= 15 is 0 Å². The molecule has 1 atom stereocenters. The van der Waals surface area contributed by atoms with Crippen LogP contribution in [0.25, 0.3) is 10.8 Å². The van der Waals surface area contributed by atoms with Crippen molar-refractivity contribution in [3.8, 4) is 5.75 Å². The van der Waals surface area contributed by atoms with E-state index in [0.717, 1.165) is 36.0 Å². The fourth-order valence-electron chi connectivity index (χ4n) is 3.19. The molecule has 3 aromatic rings. The van der Waals surface area contributed by atoms with Crippen molar-refractivity contribution in [2.24, 2.45) is 0 Å². The molecule has 5 nitrogen and oxygen atoms in total. The van der Waals surface area contributed by atoms with Crippen molar-refractivity contribution in [3.63, 3.8) is 0 Å². The lowest BCUT2D eigenvalue weighted by Crippen LogP contribution is -2.19. The summed E-state index contributed by atoms with van der Waals surface area (Å²) in [7, 11) is -3.72. The van der Waals surface area contributed by atoms with Gasteiger partial charge in [-0.25, -0.2) is 8.42 Å². The molecule has 1 aliphatic heterocycles. The molecule has 2 N–H and O–H groups in total. The molecule has 1 saturated heterocycles. The largest absolute Gasteiger partial charge is 0.488 e. The summed E-state index contributed by atoms with van der Waals surface area (Å²) in [6.45, 7) is 1.76. The Morgan fingerprint density at radius 1 is 1.00 bits per heavy atom. The number of halogens is 1. The van der Waals surface area contributed by atoms with Crippen molar-refractivity contribution in [1.29, 1.82) is 0 Å². The Kier molecular flexibility index (Phi) is 4.95. The molecule has 7 heteroatoms. The molecule has 4 rings (SSSR count). The first-order valence-electron chi connectivity index (χ1n) is 8.70. The van der Waals surface area contributed by atoms with Gasteiger partial charge in [-0.15, -0.1) is 0 Å². The summed E-state index contributed by atoms with van der Waals surface area (Å²) in [5.41, 5.74) is 0.512. The molecular weight excluding hydrogens is 384 g/mol. The number of hydrogen-bond acceptors (Lipinski definition) is 4. The van der Waals surface area contributed by atoms with Crippen LogP contribution >= 0.6 is 11.6 Å². The predicted molar refractivity (Wildman–Crippen MR) is 108 cm³/mol. The Balaban J connectivity index is 1.69. The van der Waals surface area contributed by atoms with Crippen LogP contribution in [0.2, 0.25) is 5.02 Å². The second-order valence-electron chi connectivity index (χ2n) is 6.45. The van der Waals surface area contributed by atoms with Crippen LogP contribution in [0, 0.1) is 0 Å². The van der Waals surface area contributed by atoms with Crippen LogP contribution in [0.15, 0.2) is 65.6 Å². The van der Waals surface area contributed by atoms with Gasteiger partial charge in [0.1, 0.15) is 11.9 Å². The maximum absolute atomic E-state index is 12.7. The van der Waals surface area contributed by atoms with Gasteiger partial charge in [0.25, 0.3) is 10.0 Å². The summed E-state index contributed by atoms with van der Waals surface area (Å²) < 4.78 is 34.2. The molecule has 0 aromatic heterocycles. The lowest BCUT2D eigenvalue weighted by molar-refractivity contribution is 0.226. The van der Waals surface area contributed by atoms with Gasteiger partial charge in [-0.3, -0.25) is 4.72 Å². The van der Waals surface area contributed by atoms with Gasteiger partial charge in [-0.05, 0) is 49.4 Å². The zero-order valence-electron chi connectivity index (χ0n) is 14.5. The maximum Gasteiger partial charge on any atom is 0.261 e. The molecule has 1 heterocycles. The standard InChI is InChI=1S/C20H19ClN2O3S/c21-14-5-7-16(8-6-14)27(24,25)23-19-9-10-20(26-15-11-12-22-13-15)18-4-2-1-3-17(18)19/h1-10,15,22-23H,11-13H2. The lowest BCUT2D eigenvalue weighted by Gasteiger charge is -2.17. The van der Waals surface area contributed by atoms with Crippen LogP contribution in [-0.4, -0.2) is 27.6 Å². The highest BCUT2D eigenvalue weighted by atomic mass is 35.5. The molecule has 1 fully saturated rings. The van der Waals surface area contributed by atoms with Crippen molar-refractivity contribution >= 4 is 38.1 Å². The minimum absolute atomic E-state index is 0.130. The molecule has 1 aliphatic rings. The van der Waals surface area contributed by atoms with E-state index in [4.69, 9.17) is 16.3 Å². The normalized spacial score (nSPS) is 17.1. The van der Waals surface area contributed by atoms with Gasteiger partial charge in [0.05, 0.1) is 10.6 Å². The average molecular weight is 403 g/mol. The van der Waals surface area contributed by atoms with E-state index < -0.39 is 10.0 Å². The molecule has 0 radical (unpaired) electrons. The molecular formula is C20H19ClN2O3S. The summed E-state index contributed by atoms with van der Waals surface area (Å²) in [5, 5.41) is 5.43. The molecule has 0 bridgehead atoms. The second-order valence-corrected chi connectivity index (χ2v) is 8.57. The van der Waals surface area contributed by atoms with Gasteiger partial charge in [-0.1, -0.05) is 35.9 Å². The first-order chi connectivity index (χ1) is 13.0. The number of ether oxygens (including phenoxy) is 1. The number of nitrogens with one attached hydrogen (secondary N) is 2. The first kappa shape index (κ1) is 18.1. The van der Waals surface area contributed by atoms with Crippen LogP contribution in [0.5, 0.6) is 5.75 Å². The van der Waals surface area contributed by atoms with E-state index in [-0.39, 0.29) is 11.0 Å². The number of rotatable bonds is 5. The first-order valence-corrected chi connectivity index (χ1v) is 10.6. The Morgan fingerprint density at radius 3 is 2.44 bits per heavy atom. The molecule has 27 heavy (non-hydrogen) atoms. The van der Waals surface area contributed by atoms with Crippen molar-refractivity contribution in [3.05, 3.63) is 65.7 Å². The number of anilines is 1. The number of fused-ring (bicyclic) bond motifs is 1. The molecule has 0 aliphatic carbocycles. The summed E-state index contributed by atoms with van der Waals surface area (Å²) in [6, 6.07) is 17.3. The van der Waals surface area contributed by atoms with Gasteiger partial charge < -0.3 is 10.1 Å². The molecule has 0 amide bonds. The Morgan fingerprint density at radius 2 is 1.74 bits per heavy atom. The van der Waals surface area contributed by atoms with Crippen LogP contribution in [0.4, 0.5) is 5.69 Å². The molecule has 1 unspecified atom stereocenters. The van der Waals surface area contributed by atoms with Crippen LogP contribution in [0.3, 0.4) is 0 Å². The molecule has 0 saturated carbocycles. The van der Waals surface area contributed by atoms with E-state index in [0.29, 0.717) is 10.7 Å². The van der Waals surface area contributed by atoms with Crippen LogP contribution in [-0.2, 0) is 10.0 Å². The highest BCUT2D eigenvalue weighted by Crippen LogP contribution is 2.33. The summed E-state index contributed by atoms with van der Waals surface area (Å²) in [4.78, 5) is 0.160. The minimum Gasteiger partial charge on any atom is -0.488 e. The molecule has 3 aromatic carbocycles. The van der Waals surface area contributed by atoms with Crippen molar-refractivity contribution < 1.29 is 13.2 Å². The highest BCUT2D eigenvalue weighted by Gasteiger charge is 2.19. The third kappa shape index (κ3) is 3.88. The van der Waals surface area contributed by atoms with E-state index in [1.54, 1.807) is 18.2 Å². The fraction of sp³-hybridized carbons (Fsp3) is 0.200. The smallest absolute Gasteiger partial charge is 0.261 e. The topological polar surface area (TPSA) is 67.4 Å².